The number of Topliss-reactive ketones (excluding diaryl/α,β-unsaturated/α-hetero) is 1. The molecular weight excluding hydrogens is 274 g/mol. The van der Waals surface area contributed by atoms with E-state index >= 15 is 0 Å². The maximum Gasteiger partial charge on any atom is 0.411 e. The highest BCUT2D eigenvalue weighted by Crippen LogP contribution is 2.54. The average molecular weight is 297 g/mol. The van der Waals surface area contributed by atoms with Crippen LogP contribution in [-0.4, -0.2) is 45.5 Å². The largest absolute Gasteiger partial charge is 0.480 e. The number of carbonyl (C=O) groups is 3. The number of carboxylic acids is 1. The summed E-state index contributed by atoms with van der Waals surface area (Å²) in [5.74, 6) is -1.48. The van der Waals surface area contributed by atoms with Gasteiger partial charge in [-0.25, -0.2) is 4.79 Å². The first-order valence-corrected chi connectivity index (χ1v) is 7.34. The Morgan fingerprint density at radius 3 is 2.29 bits per heavy atom. The summed E-state index contributed by atoms with van der Waals surface area (Å²) in [6.07, 6.45) is 1.39. The first-order valence-electron chi connectivity index (χ1n) is 7.34. The molecule has 2 rings (SSSR count). The molecule has 1 atom stereocenters. The van der Waals surface area contributed by atoms with Crippen LogP contribution in [0.2, 0.25) is 0 Å². The Morgan fingerprint density at radius 1 is 1.33 bits per heavy atom. The zero-order chi connectivity index (χ0) is 16.1. The summed E-state index contributed by atoms with van der Waals surface area (Å²) in [6.45, 7) is 6.85. The van der Waals surface area contributed by atoms with E-state index in [9.17, 15) is 19.5 Å². The van der Waals surface area contributed by atoms with Crippen LogP contribution in [-0.2, 0) is 14.3 Å². The van der Waals surface area contributed by atoms with Gasteiger partial charge in [0.1, 0.15) is 11.0 Å². The van der Waals surface area contributed by atoms with E-state index in [1.807, 2.05) is 0 Å². The van der Waals surface area contributed by atoms with Crippen molar-refractivity contribution in [3.63, 3.8) is 0 Å². The van der Waals surface area contributed by atoms with Crippen molar-refractivity contribution >= 4 is 17.8 Å². The van der Waals surface area contributed by atoms with Gasteiger partial charge < -0.3 is 9.84 Å². The molecule has 118 valence electrons. The molecule has 1 saturated carbocycles. The van der Waals surface area contributed by atoms with E-state index in [-0.39, 0.29) is 19.4 Å². The van der Waals surface area contributed by atoms with Crippen LogP contribution >= 0.6 is 0 Å². The lowest BCUT2D eigenvalue weighted by atomic mass is 9.71. The summed E-state index contributed by atoms with van der Waals surface area (Å²) in [7, 11) is 0. The highest BCUT2D eigenvalue weighted by atomic mass is 16.6. The molecule has 6 nitrogen and oxygen atoms in total. The highest BCUT2D eigenvalue weighted by Gasteiger charge is 2.63. The molecular formula is C15H23NO5. The van der Waals surface area contributed by atoms with Crippen LogP contribution in [0.15, 0.2) is 0 Å². The zero-order valence-corrected chi connectivity index (χ0v) is 13.1. The SMILES string of the molecule is CCC1(C(=O)O)CC2(CC2)N(C(=O)OC(C)(C)C)CC1=O. The maximum absolute atomic E-state index is 12.4. The number of piperidine rings is 1. The average Bonchev–Trinajstić information content (AvgIpc) is 3.09. The van der Waals surface area contributed by atoms with Gasteiger partial charge in [-0.3, -0.25) is 14.5 Å². The number of rotatable bonds is 2. The molecule has 6 heteroatoms. The summed E-state index contributed by atoms with van der Waals surface area (Å²) in [5, 5.41) is 9.47. The number of amides is 1. The van der Waals surface area contributed by atoms with Crippen LogP contribution in [0.3, 0.4) is 0 Å². The van der Waals surface area contributed by atoms with Gasteiger partial charge in [0.2, 0.25) is 0 Å². The number of ether oxygens (including phenoxy) is 1. The number of carbonyl (C=O) groups excluding carboxylic acids is 2. The Balaban J connectivity index is 2.25. The first-order chi connectivity index (χ1) is 9.56. The van der Waals surface area contributed by atoms with Gasteiger partial charge in [-0.15, -0.1) is 0 Å². The van der Waals surface area contributed by atoms with Crippen molar-refractivity contribution in [3.05, 3.63) is 0 Å². The van der Waals surface area contributed by atoms with E-state index < -0.39 is 34.4 Å². The van der Waals surface area contributed by atoms with Crippen molar-refractivity contribution in [3.8, 4) is 0 Å². The fraction of sp³-hybridized carbons (Fsp3) is 0.800. The van der Waals surface area contributed by atoms with Crippen LogP contribution < -0.4 is 0 Å². The minimum Gasteiger partial charge on any atom is -0.480 e. The van der Waals surface area contributed by atoms with Crippen LogP contribution in [0.1, 0.15) is 53.4 Å². The molecule has 0 aromatic carbocycles. The standard InChI is InChI=1S/C15H23NO5/c1-5-15(11(18)19)9-14(6-7-14)16(8-10(15)17)12(20)21-13(2,3)4/h5-9H2,1-4H3,(H,18,19). The molecule has 1 amide bonds. The molecule has 1 spiro atoms. The summed E-state index contributed by atoms with van der Waals surface area (Å²) in [5.41, 5.74) is -2.50. The third-order valence-electron chi connectivity index (χ3n) is 4.49. The minimum absolute atomic E-state index is 0.172. The fourth-order valence-electron chi connectivity index (χ4n) is 3.05. The van der Waals surface area contributed by atoms with Gasteiger partial charge in [-0.1, -0.05) is 6.92 Å². The molecule has 1 aliphatic heterocycles. The number of hydrogen-bond acceptors (Lipinski definition) is 4. The number of nitrogens with zero attached hydrogens (tertiary/aromatic N) is 1. The number of likely N-dealkylation sites (tertiary alicyclic amines) is 1. The molecule has 2 fully saturated rings. The number of carboxylic acid groups (broad SMARTS) is 1. The number of hydrogen-bond donors (Lipinski definition) is 1. The van der Waals surface area contributed by atoms with Gasteiger partial charge in [-0.2, -0.15) is 0 Å². The lowest BCUT2D eigenvalue weighted by Gasteiger charge is -2.43. The van der Waals surface area contributed by atoms with Crippen LogP contribution in [0.5, 0.6) is 0 Å². The first kappa shape index (κ1) is 15.8. The van der Waals surface area contributed by atoms with Crippen molar-refractivity contribution in [2.24, 2.45) is 5.41 Å². The predicted octanol–water partition coefficient (Wildman–Crippen LogP) is 2.21. The number of aliphatic carboxylic acids is 1. The third-order valence-corrected chi connectivity index (χ3v) is 4.49. The zero-order valence-electron chi connectivity index (χ0n) is 13.1. The molecule has 1 N–H and O–H groups in total. The molecule has 1 heterocycles. The minimum atomic E-state index is -1.35. The smallest absolute Gasteiger partial charge is 0.411 e. The monoisotopic (exact) mass is 297 g/mol. The Bertz CT molecular complexity index is 489. The lowest BCUT2D eigenvalue weighted by Crippen LogP contribution is -2.59. The van der Waals surface area contributed by atoms with Gasteiger partial charge in [-0.05, 0) is 46.5 Å². The second-order valence-corrected chi connectivity index (χ2v) is 7.13. The molecule has 0 aromatic rings. The molecule has 1 unspecified atom stereocenters. The van der Waals surface area contributed by atoms with E-state index in [4.69, 9.17) is 4.74 Å². The molecule has 0 aromatic heterocycles. The van der Waals surface area contributed by atoms with Crippen LogP contribution in [0.25, 0.3) is 0 Å². The molecule has 2 aliphatic rings. The topological polar surface area (TPSA) is 83.9 Å². The lowest BCUT2D eigenvalue weighted by molar-refractivity contribution is -0.161. The highest BCUT2D eigenvalue weighted by molar-refractivity contribution is 6.06. The van der Waals surface area contributed by atoms with Crippen LogP contribution in [0, 0.1) is 5.41 Å². The van der Waals surface area contributed by atoms with Crippen molar-refractivity contribution in [1.82, 2.24) is 4.90 Å². The van der Waals surface area contributed by atoms with Gasteiger partial charge in [0, 0.05) is 5.54 Å². The summed E-state index contributed by atoms with van der Waals surface area (Å²) >= 11 is 0. The summed E-state index contributed by atoms with van der Waals surface area (Å²) in [4.78, 5) is 37.7. The maximum atomic E-state index is 12.4. The van der Waals surface area contributed by atoms with E-state index in [0.29, 0.717) is 0 Å². The molecule has 1 aliphatic carbocycles. The van der Waals surface area contributed by atoms with Gasteiger partial charge >= 0.3 is 12.1 Å². The Morgan fingerprint density at radius 2 is 1.90 bits per heavy atom. The second-order valence-electron chi connectivity index (χ2n) is 7.13. The predicted molar refractivity (Wildman–Crippen MR) is 74.9 cm³/mol. The van der Waals surface area contributed by atoms with Crippen LogP contribution in [0.4, 0.5) is 4.79 Å². The Kier molecular flexibility index (Phi) is 3.54. The molecule has 0 radical (unpaired) electrons. The fourth-order valence-corrected chi connectivity index (χ4v) is 3.05. The quantitative estimate of drug-likeness (QED) is 0.790. The summed E-state index contributed by atoms with van der Waals surface area (Å²) in [6, 6.07) is 0. The Labute approximate surface area is 124 Å². The normalized spacial score (nSPS) is 27.6. The third kappa shape index (κ3) is 2.63. The van der Waals surface area contributed by atoms with Crippen molar-refractivity contribution in [2.45, 2.75) is 64.5 Å². The molecule has 1 saturated heterocycles. The van der Waals surface area contributed by atoms with Gasteiger partial charge in [0.05, 0.1) is 6.54 Å². The molecule has 0 bridgehead atoms. The second kappa shape index (κ2) is 4.71. The van der Waals surface area contributed by atoms with E-state index in [1.165, 1.54) is 4.90 Å². The van der Waals surface area contributed by atoms with Crippen molar-refractivity contribution in [1.29, 1.82) is 0 Å². The van der Waals surface area contributed by atoms with E-state index in [1.54, 1.807) is 27.7 Å². The van der Waals surface area contributed by atoms with Crippen molar-refractivity contribution in [2.75, 3.05) is 6.54 Å². The number of ketones is 1. The summed E-state index contributed by atoms with van der Waals surface area (Å²) < 4.78 is 5.35. The Hall–Kier alpha value is -1.59. The van der Waals surface area contributed by atoms with Crippen molar-refractivity contribution < 1.29 is 24.2 Å². The molecule has 21 heavy (non-hydrogen) atoms. The van der Waals surface area contributed by atoms with E-state index in [2.05, 4.69) is 0 Å². The van der Waals surface area contributed by atoms with Gasteiger partial charge in [0.15, 0.2) is 5.78 Å². The van der Waals surface area contributed by atoms with E-state index in [0.717, 1.165) is 12.8 Å². The van der Waals surface area contributed by atoms with Gasteiger partial charge in [0.25, 0.3) is 0 Å².